The van der Waals surface area contributed by atoms with Gasteiger partial charge in [0.15, 0.2) is 11.9 Å². The number of amides is 2. The largest absolute Gasteiger partial charge is 0.379 e. The number of ether oxygens (including phenoxy) is 8. The maximum atomic E-state index is 12.4. The molecule has 0 saturated carbocycles. The van der Waals surface area contributed by atoms with Crippen LogP contribution < -0.4 is 43.4 Å². The van der Waals surface area contributed by atoms with Crippen molar-refractivity contribution in [3.05, 3.63) is 95.0 Å². The molecule has 2 aliphatic heterocycles. The molecule has 4 heterocycles. The number of anilines is 2. The summed E-state index contributed by atoms with van der Waals surface area (Å²) in [5.74, 6) is 0.0589. The lowest BCUT2D eigenvalue weighted by Gasteiger charge is -2.36. The molecule has 0 atom stereocenters. The van der Waals surface area contributed by atoms with Crippen LogP contribution in [0.4, 0.5) is 23.3 Å². The Labute approximate surface area is 618 Å². The number of halogens is 2. The highest BCUT2D eigenvalue weighted by Crippen LogP contribution is 2.34. The molecule has 2 amide bonds. The van der Waals surface area contributed by atoms with Crippen LogP contribution in [0, 0.1) is 0 Å². The number of carbonyl (C=O) groups is 4. The van der Waals surface area contributed by atoms with Gasteiger partial charge in [0.2, 0.25) is 11.8 Å². The van der Waals surface area contributed by atoms with E-state index in [0.717, 1.165) is 98.7 Å². The number of Topliss-reactive ketones (excluding diaryl/α,β-unsaturated/α-hetero) is 2. The molecule has 2 saturated heterocycles. The quantitative estimate of drug-likeness (QED) is 0.0155. The monoisotopic (exact) mass is 1480 g/mol. The summed E-state index contributed by atoms with van der Waals surface area (Å²) >= 11 is 12.7. The van der Waals surface area contributed by atoms with E-state index in [9.17, 15) is 19.2 Å². The van der Waals surface area contributed by atoms with E-state index in [-0.39, 0.29) is 60.3 Å². The summed E-state index contributed by atoms with van der Waals surface area (Å²) in [5.41, 5.74) is 29.4. The van der Waals surface area contributed by atoms with Crippen molar-refractivity contribution < 1.29 is 57.1 Å². The Morgan fingerprint density at radius 2 is 0.788 bits per heavy atom. The highest BCUT2D eigenvalue weighted by Gasteiger charge is 2.22. The average molecular weight is 1480 g/mol. The molecule has 2 aliphatic rings. The molecular weight excluding hydrogens is 1380 g/mol. The number of carbonyl (C=O) groups excluding carboxylic acids is 4. The van der Waals surface area contributed by atoms with Crippen LogP contribution in [-0.4, -0.2) is 274 Å². The van der Waals surface area contributed by atoms with Crippen molar-refractivity contribution in [2.75, 3.05) is 214 Å². The number of fused-ring (bicyclic) bond motifs is 2. The predicted octanol–water partition coefficient (Wildman–Crippen LogP) is 5.52. The predicted molar refractivity (Wildman–Crippen MR) is 405 cm³/mol. The third kappa shape index (κ3) is 30.3. The second kappa shape index (κ2) is 46.2. The van der Waals surface area contributed by atoms with Crippen molar-refractivity contribution in [1.29, 1.82) is 0 Å². The van der Waals surface area contributed by atoms with Crippen molar-refractivity contribution in [3.8, 4) is 22.5 Å². The van der Waals surface area contributed by atoms with Gasteiger partial charge >= 0.3 is 0 Å². The first-order valence-electron chi connectivity index (χ1n) is 35.8. The minimum atomic E-state index is -0.222. The first-order chi connectivity index (χ1) is 50.6. The zero-order chi connectivity index (χ0) is 73.5. The molecule has 566 valence electrons. The minimum Gasteiger partial charge on any atom is -0.379 e. The lowest BCUT2D eigenvalue weighted by molar-refractivity contribution is -0.125. The van der Waals surface area contributed by atoms with Crippen molar-refractivity contribution >= 4 is 104 Å². The molecular formula is C73H103Cl2N17O12. The molecule has 104 heavy (non-hydrogen) atoms. The molecule has 10 N–H and O–H groups in total. The first-order valence-corrected chi connectivity index (χ1v) is 36.5. The number of aliphatic imine (C=N–C) groups is 2. The number of hydrogen-bond acceptors (Lipinski definition) is 23. The number of likely N-dealkylation sites (N-methyl/N-ethyl adjacent to an activating group) is 1. The van der Waals surface area contributed by atoms with E-state index in [4.69, 9.17) is 84.0 Å². The van der Waals surface area contributed by atoms with E-state index >= 15 is 0 Å². The van der Waals surface area contributed by atoms with Gasteiger partial charge in [0.05, 0.1) is 115 Å². The summed E-state index contributed by atoms with van der Waals surface area (Å²) < 4.78 is 45.5. The fraction of sp³-hybridized carbons (Fsp3) is 0.534. The van der Waals surface area contributed by atoms with Crippen molar-refractivity contribution in [2.45, 2.75) is 51.4 Å². The smallest absolute Gasteiger partial charge is 0.253 e. The number of piperazine rings is 2. The lowest BCUT2D eigenvalue weighted by Crippen LogP contribution is -2.47. The van der Waals surface area contributed by atoms with Gasteiger partial charge in [-0.05, 0) is 93.4 Å². The molecule has 2 fully saturated rings. The Bertz CT molecular complexity index is 3450. The van der Waals surface area contributed by atoms with Crippen LogP contribution in [0.3, 0.4) is 0 Å². The zero-order valence-electron chi connectivity index (χ0n) is 59.8. The zero-order valence-corrected chi connectivity index (χ0v) is 61.3. The molecule has 31 heteroatoms. The first kappa shape index (κ1) is 81.8. The number of nitrogens with zero attached hydrogens (tertiary/aromatic N) is 11. The number of aromatic nitrogens is 4. The van der Waals surface area contributed by atoms with Crippen LogP contribution in [0.15, 0.2) is 94.9 Å². The standard InChI is InChI=1S/C73H103Cl2N17O12/c1-88(52-66(95)80-20-36-101-44-40-97-32-4-12-60(93)14-6-34-99-42-46-103-38-30-89-22-26-91(27-23-89)58-10-2-8-54(48-58)68-62-50-56(74)16-18-64(62)82-72(84-68)86-70(76)77)53-67(96)81-21-37-102-45-41-98-33-5-13-61(94)15-7-35-100-43-47-104-39-31-90-24-28-92(29-25-90)59-11-3-9-55(49-59)69-63-51-57(75)17-19-65(63)83-73(85-69)87-71(78)79/h2-3,8-11,16-19,48-51H,4-7,12-15,20-47,52-53H2,1H3,(H,80,95)(H,81,96)(H4,76,77,82,84,86)(H4,78,79,83,85,87). The second-order valence-electron chi connectivity index (χ2n) is 25.2. The molecule has 0 bridgehead atoms. The third-order valence-electron chi connectivity index (χ3n) is 17.0. The van der Waals surface area contributed by atoms with Crippen molar-refractivity contribution in [2.24, 2.45) is 32.9 Å². The Hall–Kier alpha value is -7.88. The van der Waals surface area contributed by atoms with Gasteiger partial charge in [0.1, 0.15) is 11.6 Å². The number of hydrogen-bond donors (Lipinski definition) is 6. The van der Waals surface area contributed by atoms with Gasteiger partial charge in [-0.15, -0.1) is 0 Å². The van der Waals surface area contributed by atoms with Crippen LogP contribution in [0.5, 0.6) is 0 Å². The normalized spacial score (nSPS) is 13.6. The van der Waals surface area contributed by atoms with Crippen LogP contribution in [0.2, 0.25) is 10.0 Å². The van der Waals surface area contributed by atoms with Gasteiger partial charge in [-0.25, -0.2) is 19.9 Å². The Kier molecular flexibility index (Phi) is 36.3. The highest BCUT2D eigenvalue weighted by molar-refractivity contribution is 6.32. The van der Waals surface area contributed by atoms with E-state index in [0.29, 0.717) is 203 Å². The average Bonchev–Trinajstić information content (AvgIpc) is 0.787. The SMILES string of the molecule is CN(CC(=O)NCCOCCOCCCC(=O)CCCOCCOCCN1CCN(c2cccc(-c3nc(N=C(N)N)nc4ccc(Cl)cc34)c2)CC1)CC(=O)NCCOCCOCCCC(=O)CCCOCCOCCN1CCN(c2cccc(-c3nc(N=C(N)N)nc4ccc(Cl)cc34)c2)CC1. The summed E-state index contributed by atoms with van der Waals surface area (Å²) in [6.45, 7) is 16.7. The van der Waals surface area contributed by atoms with Gasteiger partial charge in [0, 0.05) is 174 Å². The Balaban J connectivity index is 0.512. The summed E-state index contributed by atoms with van der Waals surface area (Å²) in [6.07, 6.45) is 4.41. The molecule has 0 radical (unpaired) electrons. The Morgan fingerprint density at radius 3 is 1.14 bits per heavy atom. The van der Waals surface area contributed by atoms with E-state index < -0.39 is 0 Å². The van der Waals surface area contributed by atoms with Gasteiger partial charge in [-0.3, -0.25) is 33.9 Å². The lowest BCUT2D eigenvalue weighted by atomic mass is 10.1. The fourth-order valence-corrected chi connectivity index (χ4v) is 12.0. The number of benzene rings is 4. The molecule has 2 aromatic heterocycles. The molecule has 0 unspecified atom stereocenters. The summed E-state index contributed by atoms with van der Waals surface area (Å²) in [7, 11) is 1.69. The third-order valence-corrected chi connectivity index (χ3v) is 17.5. The van der Waals surface area contributed by atoms with Crippen LogP contribution in [0.1, 0.15) is 51.4 Å². The van der Waals surface area contributed by atoms with Crippen LogP contribution >= 0.6 is 23.2 Å². The maximum Gasteiger partial charge on any atom is 0.253 e. The minimum absolute atomic E-state index is 0.0512. The molecule has 4 aromatic carbocycles. The molecule has 8 rings (SSSR count). The summed E-state index contributed by atoms with van der Waals surface area (Å²) in [5, 5.41) is 8.38. The number of nitrogens with one attached hydrogen (secondary N) is 2. The van der Waals surface area contributed by atoms with E-state index in [1.807, 2.05) is 48.5 Å². The van der Waals surface area contributed by atoms with Gasteiger partial charge < -0.3 is 81.3 Å². The van der Waals surface area contributed by atoms with Crippen molar-refractivity contribution in [1.82, 2.24) is 45.3 Å². The molecule has 29 nitrogen and oxygen atoms in total. The van der Waals surface area contributed by atoms with Gasteiger partial charge in [0.25, 0.3) is 11.9 Å². The van der Waals surface area contributed by atoms with Crippen LogP contribution in [0.25, 0.3) is 44.3 Å². The topological polar surface area (TPSA) is 363 Å². The van der Waals surface area contributed by atoms with E-state index in [1.54, 1.807) is 24.1 Å². The number of nitrogens with two attached hydrogens (primary N) is 4. The van der Waals surface area contributed by atoms with Crippen molar-refractivity contribution in [3.63, 3.8) is 0 Å². The van der Waals surface area contributed by atoms with Gasteiger partial charge in [-0.1, -0.05) is 47.5 Å². The van der Waals surface area contributed by atoms with Crippen LogP contribution in [-0.2, 0) is 57.1 Å². The van der Waals surface area contributed by atoms with E-state index in [2.05, 4.69) is 84.4 Å². The number of ketones is 2. The van der Waals surface area contributed by atoms with E-state index in [1.165, 1.54) is 0 Å². The second-order valence-corrected chi connectivity index (χ2v) is 26.0. The molecule has 0 spiro atoms. The summed E-state index contributed by atoms with van der Waals surface area (Å²) in [4.78, 5) is 87.2. The highest BCUT2D eigenvalue weighted by atomic mass is 35.5. The Morgan fingerprint density at radius 1 is 0.442 bits per heavy atom. The van der Waals surface area contributed by atoms with Gasteiger partial charge in [-0.2, -0.15) is 9.98 Å². The number of guanidine groups is 2. The molecule has 0 aliphatic carbocycles. The maximum absolute atomic E-state index is 12.4. The summed E-state index contributed by atoms with van der Waals surface area (Å²) in [6, 6.07) is 27.4. The number of rotatable bonds is 50. The fourth-order valence-electron chi connectivity index (χ4n) is 11.7. The molecule has 6 aromatic rings.